The Labute approximate surface area is 76.8 Å². The number of rotatable bonds is 2. The highest BCUT2D eigenvalue weighted by Gasteiger charge is 2.44. The largest absolute Gasteiger partial charge is 0.462 e. The van der Waals surface area contributed by atoms with Gasteiger partial charge in [0.05, 0.1) is 7.11 Å². The average Bonchev–Trinajstić information content (AvgIpc) is 2.95. The monoisotopic (exact) mass is 183 g/mol. The molecule has 0 aliphatic heterocycles. The van der Waals surface area contributed by atoms with Crippen molar-refractivity contribution in [2.75, 3.05) is 7.11 Å². The van der Waals surface area contributed by atoms with E-state index in [0.29, 0.717) is 12.1 Å². The zero-order valence-corrected chi connectivity index (χ0v) is 7.66. The minimum absolute atomic E-state index is 0.319. The lowest BCUT2D eigenvalue weighted by Crippen LogP contribution is -2.40. The molecule has 0 spiro atoms. The topological polar surface area (TPSA) is 46.6 Å². The van der Waals surface area contributed by atoms with E-state index >= 15 is 0 Å². The third-order valence-electron chi connectivity index (χ3n) is 2.48. The van der Waals surface area contributed by atoms with Crippen molar-refractivity contribution in [2.45, 2.75) is 37.8 Å². The van der Waals surface area contributed by atoms with Gasteiger partial charge in [-0.05, 0) is 25.7 Å². The Morgan fingerprint density at radius 2 is 1.62 bits per heavy atom. The van der Waals surface area contributed by atoms with E-state index in [1.807, 2.05) is 0 Å². The number of methoxy groups -OCH3 is 1. The lowest BCUT2D eigenvalue weighted by Gasteiger charge is -2.19. The van der Waals surface area contributed by atoms with Gasteiger partial charge in [-0.15, -0.1) is 0 Å². The number of ether oxygens (including phenoxy) is 1. The van der Waals surface area contributed by atoms with Crippen molar-refractivity contribution in [1.82, 2.24) is 4.90 Å². The second-order valence-electron chi connectivity index (χ2n) is 3.67. The molecular weight excluding hydrogens is 170 g/mol. The Hall–Kier alpha value is -1.06. The van der Waals surface area contributed by atoms with Gasteiger partial charge in [0.1, 0.15) is 0 Å². The first kappa shape index (κ1) is 8.53. The van der Waals surface area contributed by atoms with Gasteiger partial charge in [0.15, 0.2) is 0 Å². The van der Waals surface area contributed by atoms with E-state index in [1.54, 1.807) is 4.90 Å². The van der Waals surface area contributed by atoms with Crippen molar-refractivity contribution in [3.8, 4) is 0 Å². The molecule has 2 rings (SSSR count). The fourth-order valence-corrected chi connectivity index (χ4v) is 1.53. The first-order chi connectivity index (χ1) is 6.24. The summed E-state index contributed by atoms with van der Waals surface area (Å²) in [6, 6.07) is 0.637. The molecule has 1 amide bonds. The van der Waals surface area contributed by atoms with Gasteiger partial charge in [-0.1, -0.05) is 0 Å². The predicted molar refractivity (Wildman–Crippen MR) is 44.9 cm³/mol. The Bertz CT molecular complexity index is 231. The molecule has 4 nitrogen and oxygen atoms in total. The van der Waals surface area contributed by atoms with Crippen LogP contribution in [0, 0.1) is 0 Å². The smallest absolute Gasteiger partial charge is 0.396 e. The molecule has 0 radical (unpaired) electrons. The van der Waals surface area contributed by atoms with E-state index in [1.165, 1.54) is 7.11 Å². The quantitative estimate of drug-likeness (QED) is 0.457. The van der Waals surface area contributed by atoms with Crippen LogP contribution in [0.5, 0.6) is 0 Å². The van der Waals surface area contributed by atoms with Crippen LogP contribution in [0.25, 0.3) is 0 Å². The van der Waals surface area contributed by atoms with Crippen molar-refractivity contribution >= 4 is 11.9 Å². The fourth-order valence-electron chi connectivity index (χ4n) is 1.53. The summed E-state index contributed by atoms with van der Waals surface area (Å²) >= 11 is 0. The molecule has 72 valence electrons. The summed E-state index contributed by atoms with van der Waals surface area (Å²) in [4.78, 5) is 24.2. The number of amides is 1. The van der Waals surface area contributed by atoms with Crippen LogP contribution in [0.2, 0.25) is 0 Å². The molecular formula is C9H13NO3. The number of esters is 1. The second-order valence-corrected chi connectivity index (χ2v) is 3.67. The second kappa shape index (κ2) is 3.01. The van der Waals surface area contributed by atoms with Gasteiger partial charge in [0.25, 0.3) is 0 Å². The van der Waals surface area contributed by atoms with E-state index in [-0.39, 0.29) is 0 Å². The number of hydrogen-bond acceptors (Lipinski definition) is 3. The van der Waals surface area contributed by atoms with Crippen molar-refractivity contribution in [3.05, 3.63) is 0 Å². The van der Waals surface area contributed by atoms with Gasteiger partial charge in [-0.25, -0.2) is 4.79 Å². The van der Waals surface area contributed by atoms with Crippen LogP contribution >= 0.6 is 0 Å². The van der Waals surface area contributed by atoms with Crippen LogP contribution in [0.4, 0.5) is 0 Å². The molecule has 2 aliphatic rings. The number of nitrogens with zero attached hydrogens (tertiary/aromatic N) is 1. The summed E-state index contributed by atoms with van der Waals surface area (Å²) in [5, 5.41) is 0. The Morgan fingerprint density at radius 3 is 1.92 bits per heavy atom. The number of carbonyl (C=O) groups excluding carboxylic acids is 2. The molecule has 2 saturated carbocycles. The summed E-state index contributed by atoms with van der Waals surface area (Å²) in [5.74, 6) is -1.17. The molecule has 0 aromatic carbocycles. The zero-order chi connectivity index (χ0) is 9.42. The highest BCUT2D eigenvalue weighted by Crippen LogP contribution is 2.37. The van der Waals surface area contributed by atoms with Gasteiger partial charge in [0.2, 0.25) is 0 Å². The van der Waals surface area contributed by atoms with Crippen LogP contribution in [-0.2, 0) is 14.3 Å². The van der Waals surface area contributed by atoms with Crippen LogP contribution in [-0.4, -0.2) is 36.0 Å². The zero-order valence-electron chi connectivity index (χ0n) is 7.66. The minimum atomic E-state index is -0.723. The van der Waals surface area contributed by atoms with Crippen LogP contribution < -0.4 is 0 Å². The normalized spacial score (nSPS) is 21.0. The molecule has 0 aromatic heterocycles. The summed E-state index contributed by atoms with van der Waals surface area (Å²) in [7, 11) is 1.25. The van der Waals surface area contributed by atoms with E-state index < -0.39 is 11.9 Å². The maximum absolute atomic E-state index is 11.5. The average molecular weight is 183 g/mol. The molecule has 0 saturated heterocycles. The lowest BCUT2D eigenvalue weighted by molar-refractivity contribution is -0.158. The molecule has 0 heterocycles. The lowest BCUT2D eigenvalue weighted by atomic mass is 10.4. The fraction of sp³-hybridized carbons (Fsp3) is 0.778. The van der Waals surface area contributed by atoms with Crippen molar-refractivity contribution < 1.29 is 14.3 Å². The molecule has 13 heavy (non-hydrogen) atoms. The molecule has 0 bridgehead atoms. The third-order valence-corrected chi connectivity index (χ3v) is 2.48. The minimum Gasteiger partial charge on any atom is -0.462 e. The van der Waals surface area contributed by atoms with Gasteiger partial charge < -0.3 is 9.64 Å². The van der Waals surface area contributed by atoms with Crippen molar-refractivity contribution in [1.29, 1.82) is 0 Å². The molecule has 0 aromatic rings. The van der Waals surface area contributed by atoms with Crippen molar-refractivity contribution in [3.63, 3.8) is 0 Å². The molecule has 0 N–H and O–H groups in total. The van der Waals surface area contributed by atoms with Crippen LogP contribution in [0.15, 0.2) is 0 Å². The molecule has 0 atom stereocenters. The van der Waals surface area contributed by atoms with Gasteiger partial charge in [-0.2, -0.15) is 0 Å². The summed E-state index contributed by atoms with van der Waals surface area (Å²) in [5.41, 5.74) is 0. The molecule has 2 fully saturated rings. The Morgan fingerprint density at radius 1 is 1.15 bits per heavy atom. The molecule has 2 aliphatic carbocycles. The maximum atomic E-state index is 11.5. The van der Waals surface area contributed by atoms with E-state index in [9.17, 15) is 9.59 Å². The van der Waals surface area contributed by atoms with Crippen LogP contribution in [0.1, 0.15) is 25.7 Å². The predicted octanol–water partition coefficient (Wildman–Crippen LogP) is 0.313. The third kappa shape index (κ3) is 1.66. The maximum Gasteiger partial charge on any atom is 0.396 e. The highest BCUT2D eigenvalue weighted by molar-refractivity contribution is 6.32. The van der Waals surface area contributed by atoms with E-state index in [0.717, 1.165) is 25.7 Å². The first-order valence-electron chi connectivity index (χ1n) is 4.64. The Balaban J connectivity index is 2.01. The van der Waals surface area contributed by atoms with Gasteiger partial charge >= 0.3 is 11.9 Å². The molecule has 0 unspecified atom stereocenters. The van der Waals surface area contributed by atoms with Gasteiger partial charge in [-0.3, -0.25) is 4.79 Å². The number of carbonyl (C=O) groups is 2. The highest BCUT2D eigenvalue weighted by atomic mass is 16.5. The van der Waals surface area contributed by atoms with Crippen molar-refractivity contribution in [2.24, 2.45) is 0 Å². The van der Waals surface area contributed by atoms with Crippen LogP contribution in [0.3, 0.4) is 0 Å². The summed E-state index contributed by atoms with van der Waals surface area (Å²) in [6.45, 7) is 0. The SMILES string of the molecule is COC(=O)C(=O)N(C1CC1)C1CC1. The Kier molecular flexibility index (Phi) is 1.98. The summed E-state index contributed by atoms with van der Waals surface area (Å²) < 4.78 is 4.42. The standard InChI is InChI=1S/C9H13NO3/c1-13-9(12)8(11)10(6-2-3-6)7-4-5-7/h6-7H,2-5H2,1H3. The summed E-state index contributed by atoms with van der Waals surface area (Å²) in [6.07, 6.45) is 4.16. The van der Waals surface area contributed by atoms with Gasteiger partial charge in [0, 0.05) is 12.1 Å². The first-order valence-corrected chi connectivity index (χ1v) is 4.64. The van der Waals surface area contributed by atoms with E-state index in [2.05, 4.69) is 4.74 Å². The van der Waals surface area contributed by atoms with E-state index in [4.69, 9.17) is 0 Å². The number of hydrogen-bond donors (Lipinski definition) is 0. The molecule has 4 heteroatoms.